The molecule has 0 aliphatic rings. The van der Waals surface area contributed by atoms with Crippen LogP contribution in [0.5, 0.6) is 0 Å². The van der Waals surface area contributed by atoms with E-state index < -0.39 is 0 Å². The molecule has 4 heteroatoms. The van der Waals surface area contributed by atoms with E-state index in [4.69, 9.17) is 16.3 Å². The largest absolute Gasteiger partial charge is 0.462 e. The summed E-state index contributed by atoms with van der Waals surface area (Å²) in [5, 5.41) is 1.77. The zero-order chi connectivity index (χ0) is 14.8. The van der Waals surface area contributed by atoms with Gasteiger partial charge in [0.25, 0.3) is 0 Å². The summed E-state index contributed by atoms with van der Waals surface area (Å²) in [6, 6.07) is 15.8. The lowest BCUT2D eigenvalue weighted by atomic mass is 10.0. The Labute approximate surface area is 131 Å². The second-order valence-corrected chi connectivity index (χ2v) is 6.11. The fraction of sp³-hybridized carbons (Fsp3) is 0.118. The van der Waals surface area contributed by atoms with Crippen molar-refractivity contribution in [1.29, 1.82) is 0 Å². The molecular formula is C17H13ClO2S. The Morgan fingerprint density at radius 1 is 1.10 bits per heavy atom. The summed E-state index contributed by atoms with van der Waals surface area (Å²) in [5.41, 5.74) is 2.21. The maximum Gasteiger partial charge on any atom is 0.348 e. The van der Waals surface area contributed by atoms with Crippen LogP contribution in [-0.4, -0.2) is 12.6 Å². The van der Waals surface area contributed by atoms with Gasteiger partial charge in [-0.15, -0.1) is 11.3 Å². The molecule has 1 heterocycles. The molecule has 2 aromatic carbocycles. The van der Waals surface area contributed by atoms with Gasteiger partial charge in [-0.1, -0.05) is 29.8 Å². The number of hydrogen-bond donors (Lipinski definition) is 0. The Morgan fingerprint density at radius 2 is 1.81 bits per heavy atom. The average Bonchev–Trinajstić information content (AvgIpc) is 2.91. The first-order valence-corrected chi connectivity index (χ1v) is 7.83. The van der Waals surface area contributed by atoms with Crippen molar-refractivity contribution in [2.75, 3.05) is 6.61 Å². The van der Waals surface area contributed by atoms with E-state index in [2.05, 4.69) is 12.1 Å². The van der Waals surface area contributed by atoms with Gasteiger partial charge in [0.2, 0.25) is 0 Å². The number of carbonyl (C=O) groups is 1. The van der Waals surface area contributed by atoms with Crippen molar-refractivity contribution < 1.29 is 9.53 Å². The first kappa shape index (κ1) is 14.1. The van der Waals surface area contributed by atoms with Crippen molar-refractivity contribution in [3.63, 3.8) is 0 Å². The molecule has 0 unspecified atom stereocenters. The molecular weight excluding hydrogens is 304 g/mol. The molecule has 1 aromatic heterocycles. The Hall–Kier alpha value is -1.84. The molecule has 3 aromatic rings. The number of hydrogen-bond acceptors (Lipinski definition) is 3. The van der Waals surface area contributed by atoms with Crippen LogP contribution < -0.4 is 0 Å². The maximum absolute atomic E-state index is 11.8. The molecule has 0 atom stereocenters. The minimum Gasteiger partial charge on any atom is -0.462 e. The minimum atomic E-state index is -0.258. The van der Waals surface area contributed by atoms with E-state index in [9.17, 15) is 4.79 Å². The second-order valence-electron chi connectivity index (χ2n) is 4.59. The number of esters is 1. The lowest BCUT2D eigenvalue weighted by molar-refractivity contribution is 0.0532. The molecule has 0 radical (unpaired) electrons. The van der Waals surface area contributed by atoms with Gasteiger partial charge in [0.1, 0.15) is 4.88 Å². The lowest BCUT2D eigenvalue weighted by Gasteiger charge is -2.01. The zero-order valence-electron chi connectivity index (χ0n) is 11.4. The third kappa shape index (κ3) is 2.94. The summed E-state index contributed by atoms with van der Waals surface area (Å²) in [5.74, 6) is -0.258. The third-order valence-electron chi connectivity index (χ3n) is 3.17. The fourth-order valence-corrected chi connectivity index (χ4v) is 3.23. The van der Waals surface area contributed by atoms with E-state index in [1.165, 1.54) is 11.3 Å². The molecule has 21 heavy (non-hydrogen) atoms. The van der Waals surface area contributed by atoms with Gasteiger partial charge in [-0.2, -0.15) is 0 Å². The van der Waals surface area contributed by atoms with Crippen LogP contribution in [0.2, 0.25) is 5.02 Å². The van der Waals surface area contributed by atoms with Gasteiger partial charge in [0, 0.05) is 9.72 Å². The number of rotatable bonds is 3. The summed E-state index contributed by atoms with van der Waals surface area (Å²) < 4.78 is 6.12. The quantitative estimate of drug-likeness (QED) is 0.605. The number of ether oxygens (including phenoxy) is 1. The highest BCUT2D eigenvalue weighted by Crippen LogP contribution is 2.31. The highest BCUT2D eigenvalue weighted by molar-refractivity contribution is 7.20. The molecule has 0 saturated heterocycles. The van der Waals surface area contributed by atoms with Crippen LogP contribution in [0.1, 0.15) is 16.6 Å². The molecule has 106 valence electrons. The van der Waals surface area contributed by atoms with E-state index in [0.717, 1.165) is 26.2 Å². The number of carbonyl (C=O) groups excluding carboxylic acids is 1. The van der Waals surface area contributed by atoms with Crippen LogP contribution in [0.25, 0.3) is 21.2 Å². The third-order valence-corrected chi connectivity index (χ3v) is 4.52. The second kappa shape index (κ2) is 5.88. The first-order valence-electron chi connectivity index (χ1n) is 6.64. The smallest absolute Gasteiger partial charge is 0.348 e. The van der Waals surface area contributed by atoms with Crippen molar-refractivity contribution in [3.05, 3.63) is 58.4 Å². The minimum absolute atomic E-state index is 0.258. The zero-order valence-corrected chi connectivity index (χ0v) is 13.0. The summed E-state index contributed by atoms with van der Waals surface area (Å²) in [6.45, 7) is 2.20. The lowest BCUT2D eigenvalue weighted by Crippen LogP contribution is -2.01. The fourth-order valence-electron chi connectivity index (χ4n) is 2.17. The molecule has 0 aliphatic carbocycles. The first-order chi connectivity index (χ1) is 10.2. The monoisotopic (exact) mass is 316 g/mol. The Kier molecular flexibility index (Phi) is 3.95. The van der Waals surface area contributed by atoms with Crippen molar-refractivity contribution in [3.8, 4) is 11.1 Å². The molecule has 0 spiro atoms. The Balaban J connectivity index is 2.00. The predicted octanol–water partition coefficient (Wildman–Crippen LogP) is 5.40. The van der Waals surface area contributed by atoms with Crippen LogP contribution >= 0.6 is 22.9 Å². The number of halogens is 1. The van der Waals surface area contributed by atoms with Crippen molar-refractivity contribution in [2.24, 2.45) is 0 Å². The van der Waals surface area contributed by atoms with Crippen LogP contribution in [-0.2, 0) is 4.74 Å². The van der Waals surface area contributed by atoms with Gasteiger partial charge in [-0.3, -0.25) is 0 Å². The summed E-state index contributed by atoms with van der Waals surface area (Å²) >= 11 is 7.37. The molecule has 0 fully saturated rings. The number of benzene rings is 2. The predicted molar refractivity (Wildman–Crippen MR) is 88.2 cm³/mol. The summed E-state index contributed by atoms with van der Waals surface area (Å²) in [6.07, 6.45) is 0. The van der Waals surface area contributed by atoms with Crippen molar-refractivity contribution in [2.45, 2.75) is 6.92 Å². The van der Waals surface area contributed by atoms with E-state index in [-0.39, 0.29) is 5.97 Å². The van der Waals surface area contributed by atoms with Crippen molar-refractivity contribution >= 4 is 39.0 Å². The Morgan fingerprint density at radius 3 is 2.52 bits per heavy atom. The van der Waals surface area contributed by atoms with Gasteiger partial charge in [0.15, 0.2) is 0 Å². The van der Waals surface area contributed by atoms with Gasteiger partial charge in [-0.05, 0) is 53.8 Å². The standard InChI is InChI=1S/C17H13ClO2S/c1-2-20-17(19)16-10-13-9-12(5-8-15(13)21-16)11-3-6-14(18)7-4-11/h3-10H,2H2,1H3. The molecule has 2 nitrogen and oxygen atoms in total. The van der Waals surface area contributed by atoms with E-state index in [1.807, 2.05) is 43.3 Å². The summed E-state index contributed by atoms with van der Waals surface area (Å²) in [4.78, 5) is 12.4. The van der Waals surface area contributed by atoms with Crippen LogP contribution in [0.15, 0.2) is 48.5 Å². The van der Waals surface area contributed by atoms with Gasteiger partial charge in [0.05, 0.1) is 6.61 Å². The highest BCUT2D eigenvalue weighted by Gasteiger charge is 2.11. The summed E-state index contributed by atoms with van der Waals surface area (Å²) in [7, 11) is 0. The van der Waals surface area contributed by atoms with Gasteiger partial charge in [-0.25, -0.2) is 4.79 Å². The van der Waals surface area contributed by atoms with Crippen LogP contribution in [0.4, 0.5) is 0 Å². The maximum atomic E-state index is 11.8. The highest BCUT2D eigenvalue weighted by atomic mass is 35.5. The SMILES string of the molecule is CCOC(=O)c1cc2cc(-c3ccc(Cl)cc3)ccc2s1. The molecule has 0 saturated carbocycles. The van der Waals surface area contributed by atoms with E-state index in [0.29, 0.717) is 11.5 Å². The van der Waals surface area contributed by atoms with Crippen LogP contribution in [0.3, 0.4) is 0 Å². The van der Waals surface area contributed by atoms with Crippen LogP contribution in [0, 0.1) is 0 Å². The number of thiophene rings is 1. The molecule has 3 rings (SSSR count). The van der Waals surface area contributed by atoms with Crippen molar-refractivity contribution in [1.82, 2.24) is 0 Å². The Bertz CT molecular complexity index is 790. The van der Waals surface area contributed by atoms with E-state index in [1.54, 1.807) is 0 Å². The van der Waals surface area contributed by atoms with Gasteiger partial charge >= 0.3 is 5.97 Å². The molecule has 0 amide bonds. The average molecular weight is 317 g/mol. The topological polar surface area (TPSA) is 26.3 Å². The molecule has 0 aliphatic heterocycles. The normalized spacial score (nSPS) is 10.8. The number of fused-ring (bicyclic) bond motifs is 1. The van der Waals surface area contributed by atoms with Gasteiger partial charge < -0.3 is 4.74 Å². The molecule has 0 bridgehead atoms. The molecule has 0 N–H and O–H groups in total. The van der Waals surface area contributed by atoms with E-state index >= 15 is 0 Å².